The van der Waals surface area contributed by atoms with Gasteiger partial charge in [-0.25, -0.2) is 0 Å². The summed E-state index contributed by atoms with van der Waals surface area (Å²) in [5.41, 5.74) is 1.26. The van der Waals surface area contributed by atoms with Crippen molar-refractivity contribution < 1.29 is 27.8 Å². The first-order chi connectivity index (χ1) is 12.4. The first-order valence-electron chi connectivity index (χ1n) is 8.04. The minimum atomic E-state index is -2.93. The molecule has 0 N–H and O–H groups in total. The lowest BCUT2D eigenvalue weighted by Gasteiger charge is -2.19. The molecular weight excluding hydrogens is 344 g/mol. The van der Waals surface area contributed by atoms with Gasteiger partial charge in [-0.1, -0.05) is 6.07 Å². The maximum absolute atomic E-state index is 12.5. The molecule has 0 atom stereocenters. The van der Waals surface area contributed by atoms with Crippen molar-refractivity contribution in [2.75, 3.05) is 20.8 Å². The van der Waals surface area contributed by atoms with Gasteiger partial charge in [-0.3, -0.25) is 4.79 Å². The van der Waals surface area contributed by atoms with Gasteiger partial charge in [0, 0.05) is 19.2 Å². The van der Waals surface area contributed by atoms with E-state index < -0.39 is 6.61 Å². The minimum Gasteiger partial charge on any atom is -0.497 e. The molecule has 0 aliphatic rings. The summed E-state index contributed by atoms with van der Waals surface area (Å²) in [6.45, 7) is -0.582. The number of ether oxygens (including phenoxy) is 3. The molecular formula is C19H21F2NO4. The number of carbonyl (C=O) groups is 1. The van der Waals surface area contributed by atoms with Gasteiger partial charge in [0.25, 0.3) is 5.91 Å². The van der Waals surface area contributed by atoms with E-state index in [1.807, 2.05) is 0 Å². The third kappa shape index (κ3) is 5.08. The Bertz CT molecular complexity index is 735. The Morgan fingerprint density at radius 3 is 2.38 bits per heavy atom. The molecule has 2 aromatic rings. The van der Waals surface area contributed by atoms with Gasteiger partial charge in [-0.15, -0.1) is 0 Å². The summed E-state index contributed by atoms with van der Waals surface area (Å²) in [5.74, 6) is 0.684. The molecule has 7 heteroatoms. The van der Waals surface area contributed by atoms with Gasteiger partial charge in [0.1, 0.15) is 5.75 Å². The zero-order chi connectivity index (χ0) is 19.1. The van der Waals surface area contributed by atoms with Crippen LogP contribution in [0.2, 0.25) is 0 Å². The van der Waals surface area contributed by atoms with Gasteiger partial charge in [-0.2, -0.15) is 8.78 Å². The first-order valence-corrected chi connectivity index (χ1v) is 8.04. The van der Waals surface area contributed by atoms with Crippen LogP contribution in [0.15, 0.2) is 42.5 Å². The number of carbonyl (C=O) groups excluding carboxylic acids is 1. The molecule has 0 radical (unpaired) electrons. The Hall–Kier alpha value is -2.83. The van der Waals surface area contributed by atoms with Gasteiger partial charge in [-0.05, 0) is 48.9 Å². The smallest absolute Gasteiger partial charge is 0.387 e. The number of methoxy groups -OCH3 is 1. The summed E-state index contributed by atoms with van der Waals surface area (Å²) >= 11 is 0. The lowest BCUT2D eigenvalue weighted by molar-refractivity contribution is -0.0514. The zero-order valence-corrected chi connectivity index (χ0v) is 14.9. The largest absolute Gasteiger partial charge is 0.497 e. The normalized spacial score (nSPS) is 10.5. The fourth-order valence-corrected chi connectivity index (χ4v) is 2.41. The highest BCUT2D eigenvalue weighted by molar-refractivity contribution is 5.94. The van der Waals surface area contributed by atoms with Crippen molar-refractivity contribution in [3.05, 3.63) is 53.6 Å². The number of alkyl halides is 2. The molecule has 2 aromatic carbocycles. The van der Waals surface area contributed by atoms with E-state index in [0.717, 1.165) is 5.56 Å². The van der Waals surface area contributed by atoms with Gasteiger partial charge in [0.15, 0.2) is 11.5 Å². The van der Waals surface area contributed by atoms with Crippen LogP contribution in [-0.2, 0) is 6.54 Å². The van der Waals surface area contributed by atoms with Crippen molar-refractivity contribution in [3.8, 4) is 17.2 Å². The van der Waals surface area contributed by atoms with Crippen molar-refractivity contribution in [3.63, 3.8) is 0 Å². The van der Waals surface area contributed by atoms with Gasteiger partial charge >= 0.3 is 6.61 Å². The van der Waals surface area contributed by atoms with Crippen LogP contribution < -0.4 is 14.2 Å². The number of halogens is 2. The van der Waals surface area contributed by atoms with E-state index in [0.29, 0.717) is 24.5 Å². The molecule has 0 aromatic heterocycles. The van der Waals surface area contributed by atoms with Crippen molar-refractivity contribution in [2.24, 2.45) is 0 Å². The van der Waals surface area contributed by atoms with E-state index in [9.17, 15) is 13.6 Å². The number of rotatable bonds is 8. The second-order valence-corrected chi connectivity index (χ2v) is 5.48. The van der Waals surface area contributed by atoms with Gasteiger partial charge < -0.3 is 19.1 Å². The molecule has 0 bridgehead atoms. The minimum absolute atomic E-state index is 0.0327. The standard InChI is InChI=1S/C19H21F2NO4/c1-4-25-17-11-13(5-10-16(17)26-19(20)21)12-22(2)18(23)14-6-8-15(24-3)9-7-14/h5-11,19H,4,12H2,1-3H3. The number of hydrogen-bond donors (Lipinski definition) is 0. The molecule has 0 spiro atoms. The van der Waals surface area contributed by atoms with Gasteiger partial charge in [0.2, 0.25) is 0 Å². The predicted molar refractivity (Wildman–Crippen MR) is 93.0 cm³/mol. The Balaban J connectivity index is 2.12. The summed E-state index contributed by atoms with van der Waals surface area (Å²) in [5, 5.41) is 0. The Morgan fingerprint density at radius 2 is 1.81 bits per heavy atom. The molecule has 0 aliphatic heterocycles. The SMILES string of the molecule is CCOc1cc(CN(C)C(=O)c2ccc(OC)cc2)ccc1OC(F)F. The van der Waals surface area contributed by atoms with Crippen LogP contribution in [0, 0.1) is 0 Å². The third-order valence-corrected chi connectivity index (χ3v) is 3.63. The summed E-state index contributed by atoms with van der Waals surface area (Å²) in [6, 6.07) is 11.4. The molecule has 0 saturated carbocycles. The molecule has 0 aliphatic carbocycles. The van der Waals surface area contributed by atoms with Gasteiger partial charge in [0.05, 0.1) is 13.7 Å². The highest BCUT2D eigenvalue weighted by Crippen LogP contribution is 2.30. The molecule has 26 heavy (non-hydrogen) atoms. The Kier molecular flexibility index (Phi) is 6.77. The average Bonchev–Trinajstić information content (AvgIpc) is 2.63. The molecule has 1 amide bonds. The topological polar surface area (TPSA) is 48.0 Å². The molecule has 0 saturated heterocycles. The maximum Gasteiger partial charge on any atom is 0.387 e. The fraction of sp³-hybridized carbons (Fsp3) is 0.316. The van der Waals surface area contributed by atoms with Crippen LogP contribution in [0.5, 0.6) is 17.2 Å². The summed E-state index contributed by atoms with van der Waals surface area (Å²) in [6.07, 6.45) is 0. The van der Waals surface area contributed by atoms with Crippen LogP contribution in [0.25, 0.3) is 0 Å². The third-order valence-electron chi connectivity index (χ3n) is 3.63. The molecule has 0 unspecified atom stereocenters. The Morgan fingerprint density at radius 1 is 1.12 bits per heavy atom. The van der Waals surface area contributed by atoms with E-state index >= 15 is 0 Å². The van der Waals surface area contributed by atoms with Crippen LogP contribution in [0.1, 0.15) is 22.8 Å². The van der Waals surface area contributed by atoms with Crippen LogP contribution in [0.4, 0.5) is 8.78 Å². The highest BCUT2D eigenvalue weighted by atomic mass is 19.3. The molecule has 5 nitrogen and oxygen atoms in total. The van der Waals surface area contributed by atoms with E-state index in [1.54, 1.807) is 57.5 Å². The molecule has 2 rings (SSSR count). The zero-order valence-electron chi connectivity index (χ0n) is 14.9. The fourth-order valence-electron chi connectivity index (χ4n) is 2.41. The van der Waals surface area contributed by atoms with E-state index in [4.69, 9.17) is 9.47 Å². The maximum atomic E-state index is 12.5. The average molecular weight is 365 g/mol. The van der Waals surface area contributed by atoms with Crippen molar-refractivity contribution in [1.29, 1.82) is 0 Å². The van der Waals surface area contributed by atoms with E-state index in [2.05, 4.69) is 4.74 Å². The lowest BCUT2D eigenvalue weighted by Crippen LogP contribution is -2.26. The number of amides is 1. The summed E-state index contributed by atoms with van der Waals surface area (Å²) in [7, 11) is 3.22. The summed E-state index contributed by atoms with van der Waals surface area (Å²) in [4.78, 5) is 14.0. The summed E-state index contributed by atoms with van der Waals surface area (Å²) < 4.78 is 39.8. The van der Waals surface area contributed by atoms with E-state index in [-0.39, 0.29) is 17.4 Å². The van der Waals surface area contributed by atoms with Crippen LogP contribution in [0.3, 0.4) is 0 Å². The van der Waals surface area contributed by atoms with Crippen LogP contribution >= 0.6 is 0 Å². The molecule has 0 heterocycles. The van der Waals surface area contributed by atoms with Crippen molar-refractivity contribution >= 4 is 5.91 Å². The second kappa shape index (κ2) is 9.03. The van der Waals surface area contributed by atoms with E-state index in [1.165, 1.54) is 11.0 Å². The number of hydrogen-bond acceptors (Lipinski definition) is 4. The molecule has 140 valence electrons. The highest BCUT2D eigenvalue weighted by Gasteiger charge is 2.15. The quantitative estimate of drug-likeness (QED) is 0.710. The second-order valence-electron chi connectivity index (χ2n) is 5.48. The Labute approximate surface area is 151 Å². The lowest BCUT2D eigenvalue weighted by atomic mass is 10.1. The van der Waals surface area contributed by atoms with Crippen LogP contribution in [-0.4, -0.2) is 38.2 Å². The number of benzene rings is 2. The van der Waals surface area contributed by atoms with Crippen molar-refractivity contribution in [1.82, 2.24) is 4.90 Å². The van der Waals surface area contributed by atoms with Crippen molar-refractivity contribution in [2.45, 2.75) is 20.1 Å². The molecule has 0 fully saturated rings. The monoisotopic (exact) mass is 365 g/mol. The number of nitrogens with zero attached hydrogens (tertiary/aromatic N) is 1. The predicted octanol–water partition coefficient (Wildman–Crippen LogP) is 3.97. The first kappa shape index (κ1) is 19.5.